The van der Waals surface area contributed by atoms with E-state index in [1.807, 2.05) is 30.3 Å². The second-order valence-corrected chi connectivity index (χ2v) is 6.42. The number of likely N-dealkylation sites (tertiary alicyclic amines) is 1. The maximum absolute atomic E-state index is 12.3. The van der Waals surface area contributed by atoms with E-state index in [4.69, 9.17) is 10.5 Å². The van der Waals surface area contributed by atoms with Crippen LogP contribution in [0.3, 0.4) is 0 Å². The second-order valence-electron chi connectivity index (χ2n) is 6.42. The van der Waals surface area contributed by atoms with Crippen molar-refractivity contribution < 1.29 is 19.1 Å². The number of hydrogen-bond donors (Lipinski definition) is 1. The van der Waals surface area contributed by atoms with Gasteiger partial charge in [-0.2, -0.15) is 9.90 Å². The molecule has 0 spiro atoms. The largest absolute Gasteiger partial charge is 0.451 e. The summed E-state index contributed by atoms with van der Waals surface area (Å²) in [5.41, 5.74) is 6.49. The van der Waals surface area contributed by atoms with Crippen molar-refractivity contribution in [1.82, 2.24) is 19.9 Å². The molecule has 0 unspecified atom stereocenters. The SMILES string of the molecule is Cc1nn(-c2ccccc2)nc1C(=O)OCC(=O)N1CCC[C@@H](C(N)=O)C1. The zero-order valence-electron chi connectivity index (χ0n) is 15.0. The van der Waals surface area contributed by atoms with Crippen molar-refractivity contribution in [3.05, 3.63) is 41.7 Å². The average Bonchev–Trinajstić information content (AvgIpc) is 3.08. The van der Waals surface area contributed by atoms with Crippen LogP contribution in [0.25, 0.3) is 5.69 Å². The first-order chi connectivity index (χ1) is 13.0. The number of aromatic nitrogens is 3. The maximum atomic E-state index is 12.3. The van der Waals surface area contributed by atoms with Gasteiger partial charge in [0.25, 0.3) is 5.91 Å². The van der Waals surface area contributed by atoms with Crippen LogP contribution in [-0.2, 0) is 14.3 Å². The molecule has 1 fully saturated rings. The normalized spacial score (nSPS) is 16.8. The van der Waals surface area contributed by atoms with Crippen LogP contribution in [0.15, 0.2) is 30.3 Å². The molecule has 2 heterocycles. The Bertz CT molecular complexity index is 849. The number of nitrogens with two attached hydrogens (primary N) is 1. The molecule has 1 aliphatic heterocycles. The molecule has 2 amide bonds. The number of carbonyl (C=O) groups is 3. The summed E-state index contributed by atoms with van der Waals surface area (Å²) in [6, 6.07) is 9.16. The lowest BCUT2D eigenvalue weighted by Gasteiger charge is -2.30. The maximum Gasteiger partial charge on any atom is 0.361 e. The summed E-state index contributed by atoms with van der Waals surface area (Å²) in [5.74, 6) is -1.85. The number of hydrogen-bond acceptors (Lipinski definition) is 6. The standard InChI is InChI=1S/C18H21N5O4/c1-12-16(21-23(20-12)14-7-3-2-4-8-14)18(26)27-11-15(24)22-9-5-6-13(10-22)17(19)25/h2-4,7-8,13H,5-6,9-11H2,1H3,(H2,19,25)/t13-/m1/s1. The fraction of sp³-hybridized carbons (Fsp3) is 0.389. The number of carbonyl (C=O) groups excluding carboxylic acids is 3. The molecule has 9 heteroatoms. The lowest BCUT2D eigenvalue weighted by atomic mass is 9.97. The number of ether oxygens (including phenoxy) is 1. The third-order valence-electron chi connectivity index (χ3n) is 4.47. The Labute approximate surface area is 156 Å². The van der Waals surface area contributed by atoms with Gasteiger partial charge in [-0.25, -0.2) is 4.79 Å². The zero-order valence-corrected chi connectivity index (χ0v) is 15.0. The van der Waals surface area contributed by atoms with Crippen molar-refractivity contribution in [3.63, 3.8) is 0 Å². The van der Waals surface area contributed by atoms with Crippen molar-refractivity contribution in [1.29, 1.82) is 0 Å². The van der Waals surface area contributed by atoms with Crippen molar-refractivity contribution in [2.45, 2.75) is 19.8 Å². The zero-order chi connectivity index (χ0) is 19.4. The number of nitrogens with zero attached hydrogens (tertiary/aromatic N) is 4. The van der Waals surface area contributed by atoms with E-state index in [1.54, 1.807) is 6.92 Å². The molecule has 9 nitrogen and oxygen atoms in total. The van der Waals surface area contributed by atoms with Crippen molar-refractivity contribution in [2.24, 2.45) is 11.7 Å². The Morgan fingerprint density at radius 2 is 1.96 bits per heavy atom. The Kier molecular flexibility index (Phi) is 5.49. The fourth-order valence-electron chi connectivity index (χ4n) is 2.97. The molecule has 3 rings (SSSR count). The van der Waals surface area contributed by atoms with Crippen molar-refractivity contribution in [2.75, 3.05) is 19.7 Å². The van der Waals surface area contributed by atoms with Gasteiger partial charge in [0.1, 0.15) is 0 Å². The molecule has 1 saturated heterocycles. The number of aryl methyl sites for hydroxylation is 1. The van der Waals surface area contributed by atoms with Gasteiger partial charge < -0.3 is 15.4 Å². The van der Waals surface area contributed by atoms with E-state index in [9.17, 15) is 14.4 Å². The first-order valence-electron chi connectivity index (χ1n) is 8.69. The first-order valence-corrected chi connectivity index (χ1v) is 8.69. The van der Waals surface area contributed by atoms with Gasteiger partial charge in [-0.3, -0.25) is 9.59 Å². The minimum absolute atomic E-state index is 0.0558. The number of amides is 2. The molecule has 1 aliphatic rings. The van der Waals surface area contributed by atoms with E-state index in [2.05, 4.69) is 10.2 Å². The number of rotatable bonds is 5. The van der Waals surface area contributed by atoms with Crippen LogP contribution in [0, 0.1) is 12.8 Å². The van der Waals surface area contributed by atoms with Gasteiger partial charge in [-0.1, -0.05) is 18.2 Å². The van der Waals surface area contributed by atoms with E-state index in [0.717, 1.165) is 0 Å². The van der Waals surface area contributed by atoms with Crippen LogP contribution in [-0.4, -0.2) is 57.4 Å². The van der Waals surface area contributed by atoms with Gasteiger partial charge in [-0.05, 0) is 31.9 Å². The van der Waals surface area contributed by atoms with Crippen molar-refractivity contribution in [3.8, 4) is 5.69 Å². The number of piperidine rings is 1. The number of para-hydroxylation sites is 1. The van der Waals surface area contributed by atoms with Gasteiger partial charge in [0.2, 0.25) is 5.91 Å². The number of esters is 1. The van der Waals surface area contributed by atoms with Crippen LogP contribution in [0.2, 0.25) is 0 Å². The van der Waals surface area contributed by atoms with E-state index >= 15 is 0 Å². The molecule has 2 N–H and O–H groups in total. The van der Waals surface area contributed by atoms with Crippen LogP contribution < -0.4 is 5.73 Å². The molecule has 27 heavy (non-hydrogen) atoms. The molecule has 0 radical (unpaired) electrons. The Hall–Kier alpha value is -3.23. The lowest BCUT2D eigenvalue weighted by molar-refractivity contribution is -0.137. The van der Waals surface area contributed by atoms with Gasteiger partial charge in [-0.15, -0.1) is 5.10 Å². The summed E-state index contributed by atoms with van der Waals surface area (Å²) in [6.07, 6.45) is 1.36. The fourth-order valence-corrected chi connectivity index (χ4v) is 2.97. The summed E-state index contributed by atoms with van der Waals surface area (Å²) in [5, 5.41) is 8.36. The number of primary amides is 1. The Morgan fingerprint density at radius 1 is 1.22 bits per heavy atom. The van der Waals surface area contributed by atoms with Gasteiger partial charge >= 0.3 is 5.97 Å². The van der Waals surface area contributed by atoms with Gasteiger partial charge in [0.05, 0.1) is 17.3 Å². The molecule has 0 aliphatic carbocycles. The van der Waals surface area contributed by atoms with Crippen LogP contribution in [0.4, 0.5) is 0 Å². The van der Waals surface area contributed by atoms with E-state index in [0.29, 0.717) is 30.8 Å². The quantitative estimate of drug-likeness (QED) is 0.762. The van der Waals surface area contributed by atoms with Crippen molar-refractivity contribution >= 4 is 17.8 Å². The molecular weight excluding hydrogens is 350 g/mol. The van der Waals surface area contributed by atoms with E-state index < -0.39 is 18.5 Å². The Balaban J connectivity index is 1.60. The average molecular weight is 371 g/mol. The monoisotopic (exact) mass is 371 g/mol. The molecule has 1 aromatic carbocycles. The summed E-state index contributed by atoms with van der Waals surface area (Å²) in [7, 11) is 0. The van der Waals surface area contributed by atoms with Gasteiger partial charge in [0.15, 0.2) is 12.3 Å². The first kappa shape index (κ1) is 18.6. The van der Waals surface area contributed by atoms with Crippen LogP contribution >= 0.6 is 0 Å². The van der Waals surface area contributed by atoms with E-state index in [-0.39, 0.29) is 24.1 Å². The molecule has 1 atom stereocenters. The molecular formula is C18H21N5O4. The Morgan fingerprint density at radius 3 is 2.67 bits per heavy atom. The summed E-state index contributed by atoms with van der Waals surface area (Å²) in [6.45, 7) is 2.01. The van der Waals surface area contributed by atoms with Crippen LogP contribution in [0.1, 0.15) is 29.0 Å². The molecule has 0 bridgehead atoms. The topological polar surface area (TPSA) is 120 Å². The lowest BCUT2D eigenvalue weighted by Crippen LogP contribution is -2.45. The smallest absolute Gasteiger partial charge is 0.361 e. The minimum Gasteiger partial charge on any atom is -0.451 e. The molecule has 142 valence electrons. The highest BCUT2D eigenvalue weighted by atomic mass is 16.5. The third-order valence-corrected chi connectivity index (χ3v) is 4.47. The summed E-state index contributed by atoms with van der Waals surface area (Å²) < 4.78 is 5.11. The van der Waals surface area contributed by atoms with E-state index in [1.165, 1.54) is 9.70 Å². The molecule has 2 aromatic rings. The second kappa shape index (κ2) is 7.98. The number of benzene rings is 1. The predicted octanol–water partition coefficient (Wildman–Crippen LogP) is 0.456. The summed E-state index contributed by atoms with van der Waals surface area (Å²) in [4.78, 5) is 38.7. The summed E-state index contributed by atoms with van der Waals surface area (Å²) >= 11 is 0. The highest BCUT2D eigenvalue weighted by Crippen LogP contribution is 2.16. The van der Waals surface area contributed by atoms with Crippen LogP contribution in [0.5, 0.6) is 0 Å². The highest BCUT2D eigenvalue weighted by Gasteiger charge is 2.28. The predicted molar refractivity (Wildman–Crippen MR) is 94.9 cm³/mol. The minimum atomic E-state index is -0.716. The molecule has 0 saturated carbocycles. The highest BCUT2D eigenvalue weighted by molar-refractivity contribution is 5.90. The third kappa shape index (κ3) is 4.30. The molecule has 1 aromatic heterocycles. The van der Waals surface area contributed by atoms with Gasteiger partial charge in [0, 0.05) is 13.1 Å².